The maximum atomic E-state index is 14.1. The third-order valence-corrected chi connectivity index (χ3v) is 5.44. The van der Waals surface area contributed by atoms with Gasteiger partial charge in [-0.3, -0.25) is 14.4 Å². The van der Waals surface area contributed by atoms with Crippen LogP contribution in [0.3, 0.4) is 0 Å². The van der Waals surface area contributed by atoms with Gasteiger partial charge in [-0.2, -0.15) is 0 Å². The van der Waals surface area contributed by atoms with Crippen LogP contribution in [0.25, 0.3) is 0 Å². The fraction of sp³-hybridized carbons (Fsp3) is 0.375. The molecule has 0 spiro atoms. The molecule has 31 heavy (non-hydrogen) atoms. The lowest BCUT2D eigenvalue weighted by molar-refractivity contribution is -0.145. The van der Waals surface area contributed by atoms with Gasteiger partial charge >= 0.3 is 0 Å². The molecular formula is C24H28FN3O3. The van der Waals surface area contributed by atoms with Crippen molar-refractivity contribution in [1.29, 1.82) is 0 Å². The molecule has 0 saturated carbocycles. The summed E-state index contributed by atoms with van der Waals surface area (Å²) in [6.45, 7) is 2.16. The number of hydrogen-bond acceptors (Lipinski definition) is 3. The molecule has 3 amide bonds. The largest absolute Gasteiger partial charge is 0.347 e. The molecule has 2 aromatic carbocycles. The minimum absolute atomic E-state index is 0.0635. The molecule has 6 nitrogen and oxygen atoms in total. The van der Waals surface area contributed by atoms with Crippen molar-refractivity contribution >= 4 is 23.4 Å². The second-order valence-electron chi connectivity index (χ2n) is 8.02. The van der Waals surface area contributed by atoms with E-state index in [-0.39, 0.29) is 30.7 Å². The van der Waals surface area contributed by atoms with Crippen molar-refractivity contribution in [2.24, 2.45) is 0 Å². The first-order valence-electron chi connectivity index (χ1n) is 10.5. The fourth-order valence-electron chi connectivity index (χ4n) is 3.80. The third-order valence-electron chi connectivity index (χ3n) is 5.44. The summed E-state index contributed by atoms with van der Waals surface area (Å²) in [6, 6.07) is 11.1. The van der Waals surface area contributed by atoms with Crippen LogP contribution in [0.2, 0.25) is 0 Å². The average molecular weight is 426 g/mol. The van der Waals surface area contributed by atoms with Crippen LogP contribution < -0.4 is 5.32 Å². The van der Waals surface area contributed by atoms with Gasteiger partial charge in [0.05, 0.1) is 6.42 Å². The van der Waals surface area contributed by atoms with Crippen molar-refractivity contribution in [3.05, 3.63) is 65.0 Å². The summed E-state index contributed by atoms with van der Waals surface area (Å²) in [5, 5.41) is 2.87. The van der Waals surface area contributed by atoms with Crippen LogP contribution in [0.1, 0.15) is 36.5 Å². The van der Waals surface area contributed by atoms with Crippen LogP contribution in [-0.4, -0.2) is 47.7 Å². The van der Waals surface area contributed by atoms with Gasteiger partial charge < -0.3 is 15.1 Å². The van der Waals surface area contributed by atoms with Gasteiger partial charge in [-0.15, -0.1) is 0 Å². The zero-order valence-electron chi connectivity index (χ0n) is 18.2. The highest BCUT2D eigenvalue weighted by atomic mass is 19.1. The van der Waals surface area contributed by atoms with Crippen LogP contribution in [-0.2, 0) is 33.8 Å². The summed E-state index contributed by atoms with van der Waals surface area (Å²) in [5.41, 5.74) is 2.80. The predicted molar refractivity (Wildman–Crippen MR) is 117 cm³/mol. The maximum absolute atomic E-state index is 14.1. The van der Waals surface area contributed by atoms with Crippen LogP contribution in [0.4, 0.5) is 10.1 Å². The van der Waals surface area contributed by atoms with E-state index in [0.29, 0.717) is 24.1 Å². The summed E-state index contributed by atoms with van der Waals surface area (Å²) in [7, 11) is 3.31. The molecule has 0 fully saturated rings. The normalized spacial score (nSPS) is 15.2. The van der Waals surface area contributed by atoms with Gasteiger partial charge in [0.25, 0.3) is 0 Å². The highest BCUT2D eigenvalue weighted by Gasteiger charge is 2.35. The first-order chi connectivity index (χ1) is 14.8. The van der Waals surface area contributed by atoms with Gasteiger partial charge in [0.1, 0.15) is 11.9 Å². The number of nitrogens with one attached hydrogen (secondary N) is 1. The number of nitrogens with zero attached hydrogens (tertiary/aromatic N) is 2. The number of carbonyl (C=O) groups is 3. The molecule has 1 aliphatic rings. The Morgan fingerprint density at radius 1 is 1.13 bits per heavy atom. The number of carbonyl (C=O) groups excluding carboxylic acids is 3. The lowest BCUT2D eigenvalue weighted by atomic mass is 9.92. The number of likely N-dealkylation sites (N-methyl/N-ethyl adjacent to an activating group) is 1. The van der Waals surface area contributed by atoms with Crippen LogP contribution >= 0.6 is 0 Å². The molecule has 1 N–H and O–H groups in total. The van der Waals surface area contributed by atoms with Gasteiger partial charge in [-0.25, -0.2) is 4.39 Å². The topological polar surface area (TPSA) is 69.7 Å². The molecule has 0 aliphatic carbocycles. The van der Waals surface area contributed by atoms with E-state index in [9.17, 15) is 18.8 Å². The quantitative estimate of drug-likeness (QED) is 0.773. The van der Waals surface area contributed by atoms with Crippen molar-refractivity contribution in [3.63, 3.8) is 0 Å². The van der Waals surface area contributed by atoms with E-state index in [1.807, 2.05) is 25.1 Å². The average Bonchev–Trinajstić information content (AvgIpc) is 2.73. The molecule has 0 radical (unpaired) electrons. The fourth-order valence-corrected chi connectivity index (χ4v) is 3.80. The number of fused-ring (bicyclic) bond motifs is 1. The maximum Gasteiger partial charge on any atom is 0.245 e. The third kappa shape index (κ3) is 5.29. The number of anilines is 1. The van der Waals surface area contributed by atoms with Gasteiger partial charge in [0.15, 0.2) is 0 Å². The monoisotopic (exact) mass is 425 g/mol. The SMILES string of the molecule is CCCC(=O)Nc1ccc2c(c1)CN(C(=O)Cc1ccccc1F)C(C(=O)N(C)C)C2. The molecule has 1 atom stereocenters. The molecule has 1 heterocycles. The zero-order valence-corrected chi connectivity index (χ0v) is 18.2. The van der Waals surface area contributed by atoms with Crippen molar-refractivity contribution < 1.29 is 18.8 Å². The molecule has 0 aromatic heterocycles. The van der Waals surface area contributed by atoms with Crippen molar-refractivity contribution in [2.75, 3.05) is 19.4 Å². The standard InChI is InChI=1S/C24H28FN3O3/c1-4-7-22(29)26-19-11-10-16-13-21(24(31)27(2)3)28(15-18(16)12-19)23(30)14-17-8-5-6-9-20(17)25/h5-6,8-12,21H,4,7,13-15H2,1-3H3,(H,26,29). The van der Waals surface area contributed by atoms with E-state index in [2.05, 4.69) is 5.32 Å². The lowest BCUT2D eigenvalue weighted by Crippen LogP contribution is -2.52. The smallest absolute Gasteiger partial charge is 0.245 e. The van der Waals surface area contributed by atoms with E-state index in [1.165, 1.54) is 15.9 Å². The summed E-state index contributed by atoms with van der Waals surface area (Å²) >= 11 is 0. The Hall–Kier alpha value is -3.22. The Bertz CT molecular complexity index is 990. The number of rotatable bonds is 6. The molecule has 0 saturated heterocycles. The van der Waals surface area contributed by atoms with E-state index >= 15 is 0 Å². The zero-order chi connectivity index (χ0) is 22.5. The second-order valence-corrected chi connectivity index (χ2v) is 8.02. The van der Waals surface area contributed by atoms with Gasteiger partial charge in [-0.1, -0.05) is 31.2 Å². The molecule has 7 heteroatoms. The Morgan fingerprint density at radius 3 is 2.55 bits per heavy atom. The second kappa shape index (κ2) is 9.73. The molecule has 164 valence electrons. The van der Waals surface area contributed by atoms with Crippen molar-refractivity contribution in [1.82, 2.24) is 9.80 Å². The highest BCUT2D eigenvalue weighted by Crippen LogP contribution is 2.28. The molecule has 3 rings (SSSR count). The van der Waals surface area contributed by atoms with Crippen molar-refractivity contribution in [3.8, 4) is 0 Å². The Balaban J connectivity index is 1.88. The first-order valence-corrected chi connectivity index (χ1v) is 10.5. The number of amides is 3. The van der Waals surface area contributed by atoms with Gasteiger partial charge in [0.2, 0.25) is 17.7 Å². The summed E-state index contributed by atoms with van der Waals surface area (Å²) in [5.74, 6) is -0.986. The highest BCUT2D eigenvalue weighted by molar-refractivity contribution is 5.91. The number of halogens is 1. The minimum atomic E-state index is -0.651. The molecule has 1 aliphatic heterocycles. The number of benzene rings is 2. The van der Waals surface area contributed by atoms with E-state index < -0.39 is 11.9 Å². The Morgan fingerprint density at radius 2 is 1.87 bits per heavy atom. The van der Waals surface area contributed by atoms with Gasteiger partial charge in [0, 0.05) is 39.2 Å². The van der Waals surface area contributed by atoms with Crippen molar-refractivity contribution in [2.45, 2.75) is 45.2 Å². The van der Waals surface area contributed by atoms with Gasteiger partial charge in [-0.05, 0) is 41.3 Å². The Labute approximate surface area is 182 Å². The summed E-state index contributed by atoms with van der Waals surface area (Å²) < 4.78 is 14.1. The van der Waals surface area contributed by atoms with E-state index in [0.717, 1.165) is 17.5 Å². The summed E-state index contributed by atoms with van der Waals surface area (Å²) in [6.07, 6.45) is 1.44. The van der Waals surface area contributed by atoms with E-state index in [1.54, 1.807) is 32.3 Å². The minimum Gasteiger partial charge on any atom is -0.347 e. The lowest BCUT2D eigenvalue weighted by Gasteiger charge is -2.37. The molecule has 0 bridgehead atoms. The molecule has 1 unspecified atom stereocenters. The first kappa shape index (κ1) is 22.5. The van der Waals surface area contributed by atoms with Crippen LogP contribution in [0, 0.1) is 5.82 Å². The molecular weight excluding hydrogens is 397 g/mol. The van der Waals surface area contributed by atoms with E-state index in [4.69, 9.17) is 0 Å². The number of hydrogen-bond donors (Lipinski definition) is 1. The Kier molecular flexibility index (Phi) is 7.05. The predicted octanol–water partition coefficient (Wildman–Crippen LogP) is 3.15. The molecule has 2 aromatic rings. The summed E-state index contributed by atoms with van der Waals surface area (Å²) in [4.78, 5) is 40.9. The van der Waals surface area contributed by atoms with Crippen LogP contribution in [0.5, 0.6) is 0 Å². The van der Waals surface area contributed by atoms with Crippen LogP contribution in [0.15, 0.2) is 42.5 Å².